The van der Waals surface area contributed by atoms with Gasteiger partial charge in [0.25, 0.3) is 0 Å². The lowest BCUT2D eigenvalue weighted by molar-refractivity contribution is -0.120. The van der Waals surface area contributed by atoms with Crippen LogP contribution in [-0.4, -0.2) is 19.0 Å². The molecule has 24 heavy (non-hydrogen) atoms. The van der Waals surface area contributed by atoms with Crippen molar-refractivity contribution in [2.45, 2.75) is 12.8 Å². The number of nitrogens with one attached hydrogen (secondary N) is 1. The lowest BCUT2D eigenvalue weighted by atomic mass is 9.95. The van der Waals surface area contributed by atoms with E-state index in [-0.39, 0.29) is 11.8 Å². The summed E-state index contributed by atoms with van der Waals surface area (Å²) in [4.78, 5) is 14.7. The van der Waals surface area contributed by atoms with E-state index in [0.717, 1.165) is 25.9 Å². The number of carbonyl (C=O) groups is 1. The Kier molecular flexibility index (Phi) is 5.02. The van der Waals surface area contributed by atoms with Crippen LogP contribution in [0.5, 0.6) is 0 Å². The molecule has 1 fully saturated rings. The van der Waals surface area contributed by atoms with Crippen LogP contribution >= 0.6 is 11.6 Å². The molecule has 1 aliphatic rings. The highest BCUT2D eigenvalue weighted by Gasteiger charge is 2.25. The fourth-order valence-corrected chi connectivity index (χ4v) is 3.19. The minimum atomic E-state index is -0.000573. The molecule has 3 rings (SSSR count). The van der Waals surface area contributed by atoms with Gasteiger partial charge in [-0.3, -0.25) is 4.79 Å². The molecular formula is C19H18ClN3O. The molecule has 0 spiro atoms. The van der Waals surface area contributed by atoms with Crippen molar-refractivity contribution < 1.29 is 4.79 Å². The lowest BCUT2D eigenvalue weighted by Crippen LogP contribution is -2.38. The summed E-state index contributed by atoms with van der Waals surface area (Å²) in [7, 11) is 0. The highest BCUT2D eigenvalue weighted by atomic mass is 35.5. The number of halogens is 1. The molecule has 0 unspecified atom stereocenters. The number of hydrogen-bond acceptors (Lipinski definition) is 3. The molecule has 1 aliphatic heterocycles. The molecular weight excluding hydrogens is 322 g/mol. The summed E-state index contributed by atoms with van der Waals surface area (Å²) in [6.07, 6.45) is 1.65. The molecule has 2 aromatic carbocycles. The van der Waals surface area contributed by atoms with E-state index in [0.29, 0.717) is 16.3 Å². The molecule has 0 bridgehead atoms. The molecule has 1 amide bonds. The zero-order valence-electron chi connectivity index (χ0n) is 13.2. The number of rotatable bonds is 3. The van der Waals surface area contributed by atoms with E-state index in [1.165, 1.54) is 5.69 Å². The van der Waals surface area contributed by atoms with Gasteiger partial charge in [-0.15, -0.1) is 0 Å². The first-order valence-electron chi connectivity index (χ1n) is 7.98. The Morgan fingerprint density at radius 1 is 1.17 bits per heavy atom. The molecule has 4 nitrogen and oxygen atoms in total. The molecule has 5 heteroatoms. The van der Waals surface area contributed by atoms with E-state index in [1.54, 1.807) is 18.2 Å². The van der Waals surface area contributed by atoms with Crippen molar-refractivity contribution in [2.24, 2.45) is 5.92 Å². The average Bonchev–Trinajstić information content (AvgIpc) is 2.63. The Labute approximate surface area is 146 Å². The molecule has 0 radical (unpaired) electrons. The minimum Gasteiger partial charge on any atom is -0.371 e. The molecule has 0 atom stereocenters. The zero-order valence-corrected chi connectivity index (χ0v) is 14.0. The van der Waals surface area contributed by atoms with Crippen molar-refractivity contribution in [2.75, 3.05) is 23.3 Å². The standard InChI is InChI=1S/C19H18ClN3O/c20-18-12-16(7-6-15(18)13-21)22-19(24)14-8-10-23(11-9-14)17-4-2-1-3-5-17/h1-7,12,14H,8-11H2,(H,22,24). The zero-order chi connectivity index (χ0) is 16.9. The second-order valence-electron chi connectivity index (χ2n) is 5.89. The summed E-state index contributed by atoms with van der Waals surface area (Å²) in [5.41, 5.74) is 2.25. The van der Waals surface area contributed by atoms with E-state index in [9.17, 15) is 4.79 Å². The largest absolute Gasteiger partial charge is 0.371 e. The normalized spacial score (nSPS) is 14.9. The maximum Gasteiger partial charge on any atom is 0.227 e. The van der Waals surface area contributed by atoms with Crippen molar-refractivity contribution in [3.05, 3.63) is 59.1 Å². The molecule has 1 saturated heterocycles. The summed E-state index contributed by atoms with van der Waals surface area (Å²) >= 11 is 6.01. The monoisotopic (exact) mass is 339 g/mol. The van der Waals surface area contributed by atoms with Crippen LogP contribution in [-0.2, 0) is 4.79 Å². The third-order valence-electron chi connectivity index (χ3n) is 4.34. The van der Waals surface area contributed by atoms with Gasteiger partial charge in [0, 0.05) is 30.4 Å². The maximum absolute atomic E-state index is 12.4. The molecule has 1 N–H and O–H groups in total. The number of benzene rings is 2. The summed E-state index contributed by atoms with van der Waals surface area (Å²) in [5.74, 6) is 0.0165. The first kappa shape index (κ1) is 16.4. The third-order valence-corrected chi connectivity index (χ3v) is 4.66. The van der Waals surface area contributed by atoms with Gasteiger partial charge in [0.05, 0.1) is 10.6 Å². The Hall–Kier alpha value is -2.51. The number of hydrogen-bond donors (Lipinski definition) is 1. The smallest absolute Gasteiger partial charge is 0.227 e. The van der Waals surface area contributed by atoms with Gasteiger partial charge in [-0.05, 0) is 43.2 Å². The maximum atomic E-state index is 12.4. The Morgan fingerprint density at radius 3 is 2.50 bits per heavy atom. The third kappa shape index (κ3) is 3.69. The quantitative estimate of drug-likeness (QED) is 0.917. The van der Waals surface area contributed by atoms with Gasteiger partial charge in [0.15, 0.2) is 0 Å². The van der Waals surface area contributed by atoms with Crippen LogP contribution in [0, 0.1) is 17.2 Å². The van der Waals surface area contributed by atoms with E-state index in [4.69, 9.17) is 16.9 Å². The minimum absolute atomic E-state index is 0.000573. The summed E-state index contributed by atoms with van der Waals surface area (Å²) in [6, 6.07) is 17.2. The first-order valence-corrected chi connectivity index (χ1v) is 8.35. The molecule has 1 heterocycles. The fourth-order valence-electron chi connectivity index (χ4n) is 2.97. The van der Waals surface area contributed by atoms with Crippen LogP contribution < -0.4 is 10.2 Å². The Morgan fingerprint density at radius 2 is 1.88 bits per heavy atom. The SMILES string of the molecule is N#Cc1ccc(NC(=O)C2CCN(c3ccccc3)CC2)cc1Cl. The number of piperidine rings is 1. The second kappa shape index (κ2) is 7.37. The van der Waals surface area contributed by atoms with Crippen LogP contribution in [0.15, 0.2) is 48.5 Å². The van der Waals surface area contributed by atoms with Crippen molar-refractivity contribution in [1.29, 1.82) is 5.26 Å². The number of para-hydroxylation sites is 1. The van der Waals surface area contributed by atoms with E-state index in [2.05, 4.69) is 22.3 Å². The Bertz CT molecular complexity index is 762. The molecule has 0 aliphatic carbocycles. The van der Waals surface area contributed by atoms with Crippen LogP contribution in [0.25, 0.3) is 0 Å². The van der Waals surface area contributed by atoms with Crippen molar-refractivity contribution in [3.63, 3.8) is 0 Å². The second-order valence-corrected chi connectivity index (χ2v) is 6.30. The lowest BCUT2D eigenvalue weighted by Gasteiger charge is -2.33. The molecule has 0 saturated carbocycles. The van der Waals surface area contributed by atoms with Crippen LogP contribution in [0.3, 0.4) is 0 Å². The number of anilines is 2. The number of carbonyl (C=O) groups excluding carboxylic acids is 1. The van der Waals surface area contributed by atoms with Gasteiger partial charge >= 0.3 is 0 Å². The first-order chi connectivity index (χ1) is 11.7. The highest BCUT2D eigenvalue weighted by molar-refractivity contribution is 6.32. The fraction of sp³-hybridized carbons (Fsp3) is 0.263. The number of amides is 1. The van der Waals surface area contributed by atoms with Gasteiger partial charge in [-0.1, -0.05) is 29.8 Å². The van der Waals surface area contributed by atoms with Crippen molar-refractivity contribution in [1.82, 2.24) is 0 Å². The molecule has 2 aromatic rings. The van der Waals surface area contributed by atoms with Crippen LogP contribution in [0.1, 0.15) is 18.4 Å². The molecule has 0 aromatic heterocycles. The van der Waals surface area contributed by atoms with Crippen molar-refractivity contribution in [3.8, 4) is 6.07 Å². The molecule has 122 valence electrons. The van der Waals surface area contributed by atoms with E-state index in [1.807, 2.05) is 24.3 Å². The highest BCUT2D eigenvalue weighted by Crippen LogP contribution is 2.25. The van der Waals surface area contributed by atoms with Gasteiger partial charge in [-0.2, -0.15) is 5.26 Å². The predicted octanol–water partition coefficient (Wildman–Crippen LogP) is 4.07. The average molecular weight is 340 g/mol. The van der Waals surface area contributed by atoms with Gasteiger partial charge in [0.2, 0.25) is 5.91 Å². The summed E-state index contributed by atoms with van der Waals surface area (Å²) < 4.78 is 0. The van der Waals surface area contributed by atoms with Crippen LogP contribution in [0.4, 0.5) is 11.4 Å². The van der Waals surface area contributed by atoms with Crippen LogP contribution in [0.2, 0.25) is 5.02 Å². The van der Waals surface area contributed by atoms with E-state index < -0.39 is 0 Å². The number of nitrogens with zero attached hydrogens (tertiary/aromatic N) is 2. The number of nitriles is 1. The van der Waals surface area contributed by atoms with Crippen molar-refractivity contribution >= 4 is 28.9 Å². The topological polar surface area (TPSA) is 56.1 Å². The van der Waals surface area contributed by atoms with Gasteiger partial charge < -0.3 is 10.2 Å². The van der Waals surface area contributed by atoms with E-state index >= 15 is 0 Å². The summed E-state index contributed by atoms with van der Waals surface area (Å²) in [5, 5.41) is 12.2. The predicted molar refractivity (Wildman–Crippen MR) is 96.2 cm³/mol. The van der Waals surface area contributed by atoms with Gasteiger partial charge in [0.1, 0.15) is 6.07 Å². The Balaban J connectivity index is 1.58. The van der Waals surface area contributed by atoms with Gasteiger partial charge in [-0.25, -0.2) is 0 Å². The summed E-state index contributed by atoms with van der Waals surface area (Å²) in [6.45, 7) is 1.74.